The molecule has 1 unspecified atom stereocenters. The molecule has 0 amide bonds. The molecule has 2 nitrogen and oxygen atoms in total. The topological polar surface area (TPSA) is 24.9 Å². The van der Waals surface area contributed by atoms with Crippen molar-refractivity contribution < 1.29 is 0 Å². The minimum absolute atomic E-state index is 0.283. The fraction of sp³-hybridized carbons (Fsp3) is 0.421. The van der Waals surface area contributed by atoms with E-state index < -0.39 is 0 Å². The molecule has 2 heteroatoms. The Morgan fingerprint density at radius 2 is 1.67 bits per heavy atom. The summed E-state index contributed by atoms with van der Waals surface area (Å²) in [5.74, 6) is 0. The Bertz CT molecular complexity index is 570. The van der Waals surface area contributed by atoms with Gasteiger partial charge < -0.3 is 5.32 Å². The van der Waals surface area contributed by atoms with Crippen LogP contribution in [0.3, 0.4) is 0 Å². The molecule has 0 spiro atoms. The predicted octanol–water partition coefficient (Wildman–Crippen LogP) is 4.29. The van der Waals surface area contributed by atoms with Gasteiger partial charge in [0, 0.05) is 6.20 Å². The Balaban J connectivity index is 2.31. The molecule has 1 N–H and O–H groups in total. The average Bonchev–Trinajstić information content (AvgIpc) is 2.47. The summed E-state index contributed by atoms with van der Waals surface area (Å²) in [5.41, 5.74) is 6.61. The van der Waals surface area contributed by atoms with Gasteiger partial charge in [-0.2, -0.15) is 0 Å². The molecule has 0 saturated heterocycles. The Hall–Kier alpha value is -1.67. The summed E-state index contributed by atoms with van der Waals surface area (Å²) in [4.78, 5) is 4.62. The standard InChI is InChI=1S/C19H26N2/c1-5-11-20-18(19-16(4)10-7-12-21-19)13-17-14(2)8-6-9-15(17)3/h6-10,12,18,20H,5,11,13H2,1-4H3. The van der Waals surface area contributed by atoms with E-state index in [-0.39, 0.29) is 6.04 Å². The third kappa shape index (κ3) is 3.92. The molecule has 2 aromatic rings. The summed E-state index contributed by atoms with van der Waals surface area (Å²) in [6.45, 7) is 9.77. The minimum Gasteiger partial charge on any atom is -0.308 e. The van der Waals surface area contributed by atoms with Crippen molar-refractivity contribution in [2.75, 3.05) is 6.54 Å². The first-order chi connectivity index (χ1) is 10.1. The van der Waals surface area contributed by atoms with Crippen molar-refractivity contribution in [3.63, 3.8) is 0 Å². The summed E-state index contributed by atoms with van der Waals surface area (Å²) >= 11 is 0. The first-order valence-electron chi connectivity index (χ1n) is 7.83. The van der Waals surface area contributed by atoms with Gasteiger partial charge in [-0.25, -0.2) is 0 Å². The number of nitrogens with zero attached hydrogens (tertiary/aromatic N) is 1. The Labute approximate surface area is 128 Å². The van der Waals surface area contributed by atoms with Crippen LogP contribution < -0.4 is 5.32 Å². The number of rotatable bonds is 6. The average molecular weight is 282 g/mol. The molecule has 0 bridgehead atoms. The summed E-state index contributed by atoms with van der Waals surface area (Å²) in [6, 6.07) is 11.0. The zero-order valence-corrected chi connectivity index (χ0v) is 13.6. The quantitative estimate of drug-likeness (QED) is 0.855. The van der Waals surface area contributed by atoms with Crippen LogP contribution in [0, 0.1) is 20.8 Å². The second-order valence-electron chi connectivity index (χ2n) is 5.79. The van der Waals surface area contributed by atoms with Crippen LogP contribution in [-0.4, -0.2) is 11.5 Å². The van der Waals surface area contributed by atoms with Gasteiger partial charge in [0.1, 0.15) is 0 Å². The molecule has 21 heavy (non-hydrogen) atoms. The van der Waals surface area contributed by atoms with E-state index in [9.17, 15) is 0 Å². The van der Waals surface area contributed by atoms with Crippen molar-refractivity contribution >= 4 is 0 Å². The van der Waals surface area contributed by atoms with Crippen LogP contribution in [0.2, 0.25) is 0 Å². The van der Waals surface area contributed by atoms with Crippen molar-refractivity contribution in [1.82, 2.24) is 10.3 Å². The second kappa shape index (κ2) is 7.37. The highest BCUT2D eigenvalue weighted by Gasteiger charge is 2.17. The predicted molar refractivity (Wildman–Crippen MR) is 89.6 cm³/mol. The van der Waals surface area contributed by atoms with E-state index in [0.29, 0.717) is 0 Å². The van der Waals surface area contributed by atoms with Gasteiger partial charge in [-0.3, -0.25) is 4.98 Å². The number of benzene rings is 1. The van der Waals surface area contributed by atoms with E-state index in [0.717, 1.165) is 19.4 Å². The van der Waals surface area contributed by atoms with Gasteiger partial charge in [0.05, 0.1) is 11.7 Å². The Kier molecular flexibility index (Phi) is 5.51. The molecular formula is C19H26N2. The highest BCUT2D eigenvalue weighted by Crippen LogP contribution is 2.23. The van der Waals surface area contributed by atoms with Crippen LogP contribution >= 0.6 is 0 Å². The van der Waals surface area contributed by atoms with Crippen LogP contribution in [-0.2, 0) is 6.42 Å². The third-order valence-electron chi connectivity index (χ3n) is 4.07. The lowest BCUT2D eigenvalue weighted by Gasteiger charge is -2.22. The fourth-order valence-electron chi connectivity index (χ4n) is 2.82. The molecule has 0 radical (unpaired) electrons. The maximum atomic E-state index is 4.62. The van der Waals surface area contributed by atoms with Crippen LogP contribution in [0.25, 0.3) is 0 Å². The SMILES string of the molecule is CCCNC(Cc1c(C)cccc1C)c1ncccc1C. The number of hydrogen-bond donors (Lipinski definition) is 1. The lowest BCUT2D eigenvalue weighted by atomic mass is 9.93. The van der Waals surface area contributed by atoms with Crippen LogP contribution in [0.4, 0.5) is 0 Å². The van der Waals surface area contributed by atoms with Crippen LogP contribution in [0.1, 0.15) is 47.3 Å². The zero-order valence-electron chi connectivity index (χ0n) is 13.6. The molecule has 1 atom stereocenters. The van der Waals surface area contributed by atoms with Crippen LogP contribution in [0.15, 0.2) is 36.5 Å². The van der Waals surface area contributed by atoms with Crippen LogP contribution in [0.5, 0.6) is 0 Å². The molecule has 1 aromatic carbocycles. The molecule has 0 saturated carbocycles. The van der Waals surface area contributed by atoms with E-state index in [4.69, 9.17) is 0 Å². The summed E-state index contributed by atoms with van der Waals surface area (Å²) in [7, 11) is 0. The lowest BCUT2D eigenvalue weighted by molar-refractivity contribution is 0.513. The molecule has 0 aliphatic heterocycles. The molecular weight excluding hydrogens is 256 g/mol. The van der Waals surface area contributed by atoms with Gasteiger partial charge in [-0.1, -0.05) is 31.2 Å². The van der Waals surface area contributed by atoms with Gasteiger partial charge in [0.2, 0.25) is 0 Å². The van der Waals surface area contributed by atoms with Crippen molar-refractivity contribution in [1.29, 1.82) is 0 Å². The molecule has 1 aromatic heterocycles. The van der Waals surface area contributed by atoms with E-state index in [1.807, 2.05) is 12.3 Å². The van der Waals surface area contributed by atoms with Crippen molar-refractivity contribution in [2.24, 2.45) is 0 Å². The molecule has 2 rings (SSSR count). The Morgan fingerprint density at radius 3 is 2.29 bits per heavy atom. The number of hydrogen-bond acceptors (Lipinski definition) is 2. The van der Waals surface area contributed by atoms with Gasteiger partial charge in [-0.05, 0) is 68.5 Å². The monoisotopic (exact) mass is 282 g/mol. The maximum Gasteiger partial charge on any atom is 0.0605 e. The molecule has 0 fully saturated rings. The lowest BCUT2D eigenvalue weighted by Crippen LogP contribution is -2.26. The highest BCUT2D eigenvalue weighted by atomic mass is 14.9. The number of nitrogens with one attached hydrogen (secondary N) is 1. The van der Waals surface area contributed by atoms with Gasteiger partial charge in [0.25, 0.3) is 0 Å². The molecule has 112 valence electrons. The number of aryl methyl sites for hydroxylation is 3. The first-order valence-corrected chi connectivity index (χ1v) is 7.83. The third-order valence-corrected chi connectivity index (χ3v) is 4.07. The largest absolute Gasteiger partial charge is 0.308 e. The smallest absolute Gasteiger partial charge is 0.0605 e. The molecule has 0 aliphatic rings. The summed E-state index contributed by atoms with van der Waals surface area (Å²) in [5, 5.41) is 3.67. The second-order valence-corrected chi connectivity index (χ2v) is 5.79. The molecule has 1 heterocycles. The van der Waals surface area contributed by atoms with Gasteiger partial charge in [-0.15, -0.1) is 0 Å². The zero-order chi connectivity index (χ0) is 15.2. The van der Waals surface area contributed by atoms with Gasteiger partial charge >= 0.3 is 0 Å². The number of pyridine rings is 1. The minimum atomic E-state index is 0.283. The van der Waals surface area contributed by atoms with E-state index in [1.165, 1.54) is 27.9 Å². The van der Waals surface area contributed by atoms with Gasteiger partial charge in [0.15, 0.2) is 0 Å². The van der Waals surface area contributed by atoms with E-state index in [1.54, 1.807) is 0 Å². The maximum absolute atomic E-state index is 4.62. The summed E-state index contributed by atoms with van der Waals surface area (Å²) < 4.78 is 0. The van der Waals surface area contributed by atoms with Crippen molar-refractivity contribution in [2.45, 2.75) is 46.6 Å². The first kappa shape index (κ1) is 15.7. The normalized spacial score (nSPS) is 12.4. The van der Waals surface area contributed by atoms with E-state index in [2.05, 4.69) is 62.3 Å². The highest BCUT2D eigenvalue weighted by molar-refractivity contribution is 5.35. The summed E-state index contributed by atoms with van der Waals surface area (Å²) in [6.07, 6.45) is 4.03. The van der Waals surface area contributed by atoms with Crippen molar-refractivity contribution in [3.8, 4) is 0 Å². The fourth-order valence-corrected chi connectivity index (χ4v) is 2.82. The number of aromatic nitrogens is 1. The van der Waals surface area contributed by atoms with Crippen molar-refractivity contribution in [3.05, 3.63) is 64.5 Å². The molecule has 0 aliphatic carbocycles. The Morgan fingerprint density at radius 1 is 1.00 bits per heavy atom. The van der Waals surface area contributed by atoms with E-state index >= 15 is 0 Å².